The zero-order chi connectivity index (χ0) is 22.0. The van der Waals surface area contributed by atoms with Gasteiger partial charge in [-0.1, -0.05) is 46.8 Å². The van der Waals surface area contributed by atoms with Crippen molar-refractivity contribution in [2.75, 3.05) is 19.7 Å². The quantitative estimate of drug-likeness (QED) is 0.588. The molecule has 0 fully saturated rings. The minimum Gasteiger partial charge on any atom is -0.450 e. The fourth-order valence-corrected chi connectivity index (χ4v) is 2.79. The Balaban J connectivity index is 2.49. The number of nitrogens with one attached hydrogen (secondary N) is 3. The number of benzene rings is 1. The van der Waals surface area contributed by atoms with E-state index in [4.69, 9.17) is 4.74 Å². The maximum Gasteiger partial charge on any atom is 0.407 e. The first-order valence-electron chi connectivity index (χ1n) is 10.1. The second-order valence-electron chi connectivity index (χ2n) is 8.51. The summed E-state index contributed by atoms with van der Waals surface area (Å²) in [7, 11) is 0. The summed E-state index contributed by atoms with van der Waals surface area (Å²) < 4.78 is 4.90. The molecule has 1 rings (SSSR count). The zero-order valence-corrected chi connectivity index (χ0v) is 18.4. The van der Waals surface area contributed by atoms with Gasteiger partial charge < -0.3 is 20.7 Å². The van der Waals surface area contributed by atoms with Gasteiger partial charge in [0.2, 0.25) is 5.91 Å². The summed E-state index contributed by atoms with van der Waals surface area (Å²) in [5, 5.41) is 8.12. The number of carbonyl (C=O) groups excluding carboxylic acids is 3. The Labute approximate surface area is 174 Å². The maximum atomic E-state index is 12.2. The second-order valence-corrected chi connectivity index (χ2v) is 8.51. The molecule has 0 saturated carbocycles. The Morgan fingerprint density at radius 2 is 1.66 bits per heavy atom. The fraction of sp³-hybridized carbons (Fsp3) is 0.591. The lowest BCUT2D eigenvalue weighted by Gasteiger charge is -2.21. The van der Waals surface area contributed by atoms with Crippen LogP contribution in [0.15, 0.2) is 24.3 Å². The molecule has 162 valence electrons. The van der Waals surface area contributed by atoms with Crippen LogP contribution in [0.5, 0.6) is 0 Å². The second kappa shape index (κ2) is 11.4. The largest absolute Gasteiger partial charge is 0.450 e. The van der Waals surface area contributed by atoms with Crippen LogP contribution in [0.1, 0.15) is 63.9 Å². The van der Waals surface area contributed by atoms with E-state index in [-0.39, 0.29) is 43.0 Å². The van der Waals surface area contributed by atoms with Crippen LogP contribution in [-0.2, 0) is 14.9 Å². The van der Waals surface area contributed by atoms with Gasteiger partial charge in [0.1, 0.15) is 0 Å². The summed E-state index contributed by atoms with van der Waals surface area (Å²) in [6.07, 6.45) is 0.199. The summed E-state index contributed by atoms with van der Waals surface area (Å²) in [5.74, 6) is -0.275. The summed E-state index contributed by atoms with van der Waals surface area (Å²) in [6.45, 7) is 12.5. The van der Waals surface area contributed by atoms with Gasteiger partial charge >= 0.3 is 6.09 Å². The van der Waals surface area contributed by atoms with E-state index in [1.165, 1.54) is 0 Å². The average molecular weight is 406 g/mol. The van der Waals surface area contributed by atoms with Gasteiger partial charge in [0.25, 0.3) is 5.91 Å². The van der Waals surface area contributed by atoms with Crippen molar-refractivity contribution in [1.82, 2.24) is 16.0 Å². The molecule has 0 heterocycles. The van der Waals surface area contributed by atoms with E-state index in [9.17, 15) is 14.4 Å². The Morgan fingerprint density at radius 1 is 1.03 bits per heavy atom. The lowest BCUT2D eigenvalue weighted by atomic mass is 9.87. The molecule has 0 aromatic heterocycles. The Morgan fingerprint density at radius 3 is 2.17 bits per heavy atom. The third kappa shape index (κ3) is 9.45. The van der Waals surface area contributed by atoms with E-state index in [0.717, 1.165) is 5.56 Å². The molecule has 0 aliphatic rings. The molecular formula is C22H35N3O4. The third-order valence-corrected chi connectivity index (χ3v) is 4.32. The maximum absolute atomic E-state index is 12.2. The molecule has 7 heteroatoms. The number of rotatable bonds is 9. The first kappa shape index (κ1) is 24.5. The molecule has 29 heavy (non-hydrogen) atoms. The number of hydrogen-bond donors (Lipinski definition) is 3. The third-order valence-electron chi connectivity index (χ3n) is 4.32. The van der Waals surface area contributed by atoms with Gasteiger partial charge in [-0.05, 0) is 42.4 Å². The molecule has 7 nitrogen and oxygen atoms in total. The predicted molar refractivity (Wildman–Crippen MR) is 114 cm³/mol. The van der Waals surface area contributed by atoms with Crippen LogP contribution in [0.2, 0.25) is 0 Å². The fourth-order valence-electron chi connectivity index (χ4n) is 2.79. The summed E-state index contributed by atoms with van der Waals surface area (Å²) in [5.41, 5.74) is 1.66. The summed E-state index contributed by atoms with van der Waals surface area (Å²) in [6, 6.07) is 7.13. The van der Waals surface area contributed by atoms with Crippen LogP contribution in [0, 0.1) is 5.92 Å². The van der Waals surface area contributed by atoms with Crippen molar-refractivity contribution in [3.8, 4) is 0 Å². The van der Waals surface area contributed by atoms with E-state index in [1.807, 2.05) is 26.0 Å². The van der Waals surface area contributed by atoms with Gasteiger partial charge in [-0.25, -0.2) is 4.79 Å². The van der Waals surface area contributed by atoms with E-state index in [0.29, 0.717) is 17.9 Å². The van der Waals surface area contributed by atoms with Crippen molar-refractivity contribution in [2.45, 2.75) is 59.4 Å². The van der Waals surface area contributed by atoms with Crippen LogP contribution < -0.4 is 16.0 Å². The molecule has 1 unspecified atom stereocenters. The van der Waals surface area contributed by atoms with Crippen molar-refractivity contribution >= 4 is 17.9 Å². The molecule has 1 aromatic carbocycles. The molecule has 1 atom stereocenters. The van der Waals surface area contributed by atoms with Crippen molar-refractivity contribution in [3.05, 3.63) is 35.4 Å². The van der Waals surface area contributed by atoms with E-state index < -0.39 is 6.09 Å². The number of amides is 3. The first-order valence-corrected chi connectivity index (χ1v) is 10.1. The van der Waals surface area contributed by atoms with Gasteiger partial charge in [-0.3, -0.25) is 9.59 Å². The lowest BCUT2D eigenvalue weighted by Crippen LogP contribution is -2.46. The highest BCUT2D eigenvalue weighted by Crippen LogP contribution is 2.22. The molecular weight excluding hydrogens is 370 g/mol. The monoisotopic (exact) mass is 405 g/mol. The van der Waals surface area contributed by atoms with E-state index >= 15 is 0 Å². The highest BCUT2D eigenvalue weighted by atomic mass is 16.5. The molecule has 1 aromatic rings. The van der Waals surface area contributed by atoms with Gasteiger partial charge in [0, 0.05) is 18.2 Å². The van der Waals surface area contributed by atoms with Crippen molar-refractivity contribution in [1.29, 1.82) is 0 Å². The molecule has 0 aliphatic carbocycles. The van der Waals surface area contributed by atoms with Gasteiger partial charge in [-0.2, -0.15) is 0 Å². The Bertz CT molecular complexity index is 678. The minimum absolute atomic E-state index is 0.0129. The number of carbonyl (C=O) groups is 3. The SMILES string of the molecule is CCOC(=O)NC(CNC(=O)CNC(=O)c1ccc(C(C)(C)C)cc1)CC(C)C. The van der Waals surface area contributed by atoms with Crippen LogP contribution in [0.4, 0.5) is 4.79 Å². The predicted octanol–water partition coefficient (Wildman–Crippen LogP) is 2.99. The molecule has 0 aliphatic heterocycles. The minimum atomic E-state index is -0.501. The average Bonchev–Trinajstić information content (AvgIpc) is 2.63. The van der Waals surface area contributed by atoms with Crippen LogP contribution >= 0.6 is 0 Å². The van der Waals surface area contributed by atoms with Gasteiger partial charge in [0.05, 0.1) is 13.2 Å². The van der Waals surface area contributed by atoms with Crippen LogP contribution in [-0.4, -0.2) is 43.6 Å². The van der Waals surface area contributed by atoms with E-state index in [2.05, 4.69) is 36.7 Å². The van der Waals surface area contributed by atoms with Crippen LogP contribution in [0.3, 0.4) is 0 Å². The Kier molecular flexibility index (Phi) is 9.65. The van der Waals surface area contributed by atoms with Crippen molar-refractivity contribution < 1.29 is 19.1 Å². The van der Waals surface area contributed by atoms with E-state index in [1.54, 1.807) is 19.1 Å². The lowest BCUT2D eigenvalue weighted by molar-refractivity contribution is -0.120. The molecule has 0 spiro atoms. The topological polar surface area (TPSA) is 96.5 Å². The number of ether oxygens (including phenoxy) is 1. The summed E-state index contributed by atoms with van der Waals surface area (Å²) in [4.78, 5) is 36.0. The van der Waals surface area contributed by atoms with Gasteiger partial charge in [0.15, 0.2) is 0 Å². The molecule has 0 saturated heterocycles. The Hall–Kier alpha value is -2.57. The normalized spacial score (nSPS) is 12.2. The zero-order valence-electron chi connectivity index (χ0n) is 18.4. The molecule has 0 radical (unpaired) electrons. The van der Waals surface area contributed by atoms with Gasteiger partial charge in [-0.15, -0.1) is 0 Å². The molecule has 3 amide bonds. The first-order chi connectivity index (χ1) is 13.5. The van der Waals surface area contributed by atoms with Crippen molar-refractivity contribution in [2.24, 2.45) is 5.92 Å². The highest BCUT2D eigenvalue weighted by molar-refractivity contribution is 5.96. The summed E-state index contributed by atoms with van der Waals surface area (Å²) >= 11 is 0. The highest BCUT2D eigenvalue weighted by Gasteiger charge is 2.17. The molecule has 3 N–H and O–H groups in total. The number of alkyl carbamates (subject to hydrolysis) is 1. The number of hydrogen-bond acceptors (Lipinski definition) is 4. The van der Waals surface area contributed by atoms with Crippen molar-refractivity contribution in [3.63, 3.8) is 0 Å². The molecule has 0 bridgehead atoms. The standard InChI is InChI=1S/C22H35N3O4/c1-7-29-21(28)25-18(12-15(2)3)13-23-19(26)14-24-20(27)16-8-10-17(11-9-16)22(4,5)6/h8-11,15,18H,7,12-14H2,1-6H3,(H,23,26)(H,24,27)(H,25,28). The smallest absolute Gasteiger partial charge is 0.407 e. The van der Waals surface area contributed by atoms with Crippen LogP contribution in [0.25, 0.3) is 0 Å².